The first-order valence-electron chi connectivity index (χ1n) is 8.17. The summed E-state index contributed by atoms with van der Waals surface area (Å²) in [6, 6.07) is 10.9. The molecule has 6 nitrogen and oxygen atoms in total. The lowest BCUT2D eigenvalue weighted by atomic mass is 10.2. The van der Waals surface area contributed by atoms with Crippen molar-refractivity contribution in [1.29, 1.82) is 0 Å². The first kappa shape index (κ1) is 17.2. The SMILES string of the molecule is O=C(c1c[nH]c(=O)n(-c2ccc(F)c(Cl)c2)c1=O)N1CCc2ccccc21. The Morgan fingerprint density at radius 1 is 1.15 bits per heavy atom. The molecular weight excluding hydrogens is 373 g/mol. The van der Waals surface area contributed by atoms with Crippen molar-refractivity contribution in [3.05, 3.63) is 91.5 Å². The van der Waals surface area contributed by atoms with E-state index in [1.165, 1.54) is 11.0 Å². The highest BCUT2D eigenvalue weighted by Crippen LogP contribution is 2.28. The molecule has 0 saturated carbocycles. The van der Waals surface area contributed by atoms with Gasteiger partial charge in [0.2, 0.25) is 0 Å². The summed E-state index contributed by atoms with van der Waals surface area (Å²) in [6.45, 7) is 0.444. The zero-order valence-corrected chi connectivity index (χ0v) is 14.7. The van der Waals surface area contributed by atoms with Gasteiger partial charge in [0.1, 0.15) is 11.4 Å². The van der Waals surface area contributed by atoms with Gasteiger partial charge in [-0.2, -0.15) is 0 Å². The number of rotatable bonds is 2. The van der Waals surface area contributed by atoms with Crippen molar-refractivity contribution in [2.24, 2.45) is 0 Å². The van der Waals surface area contributed by atoms with Crippen molar-refractivity contribution >= 4 is 23.2 Å². The van der Waals surface area contributed by atoms with Crippen LogP contribution in [0.25, 0.3) is 5.69 Å². The van der Waals surface area contributed by atoms with Crippen LogP contribution in [0.15, 0.2) is 58.3 Å². The Balaban J connectivity index is 1.82. The largest absolute Gasteiger partial charge is 0.333 e. The Hall–Kier alpha value is -3.19. The number of carbonyl (C=O) groups excluding carboxylic acids is 1. The van der Waals surface area contributed by atoms with Crippen LogP contribution < -0.4 is 16.1 Å². The fourth-order valence-corrected chi connectivity index (χ4v) is 3.35. The van der Waals surface area contributed by atoms with E-state index in [1.54, 1.807) is 0 Å². The highest BCUT2D eigenvalue weighted by molar-refractivity contribution is 6.30. The molecule has 2 heterocycles. The number of halogens is 2. The second kappa shape index (κ2) is 6.51. The van der Waals surface area contributed by atoms with Crippen LogP contribution in [0.5, 0.6) is 0 Å². The molecule has 0 spiro atoms. The van der Waals surface area contributed by atoms with Crippen LogP contribution in [-0.2, 0) is 6.42 Å². The van der Waals surface area contributed by atoms with Gasteiger partial charge in [-0.05, 0) is 36.2 Å². The second-order valence-electron chi connectivity index (χ2n) is 6.08. The standard InChI is InChI=1S/C19H13ClFN3O3/c20-14-9-12(5-6-15(14)21)24-18(26)13(10-22-19(24)27)17(25)23-8-7-11-3-1-2-4-16(11)23/h1-6,9-10H,7-8H2,(H,22,27). The molecule has 0 radical (unpaired) electrons. The van der Waals surface area contributed by atoms with Gasteiger partial charge in [-0.3, -0.25) is 9.59 Å². The highest BCUT2D eigenvalue weighted by atomic mass is 35.5. The average molecular weight is 386 g/mol. The molecule has 1 amide bonds. The van der Waals surface area contributed by atoms with Crippen LogP contribution in [0.3, 0.4) is 0 Å². The number of para-hydroxylation sites is 1. The Kier molecular flexibility index (Phi) is 4.16. The lowest BCUT2D eigenvalue weighted by molar-refractivity contribution is 0.0987. The number of aromatic amines is 1. The second-order valence-corrected chi connectivity index (χ2v) is 6.49. The van der Waals surface area contributed by atoms with E-state index in [9.17, 15) is 18.8 Å². The van der Waals surface area contributed by atoms with E-state index >= 15 is 0 Å². The minimum Gasteiger partial charge on any atom is -0.313 e. The van der Waals surface area contributed by atoms with Gasteiger partial charge in [0.05, 0.1) is 10.7 Å². The molecule has 0 fully saturated rings. The number of nitrogens with one attached hydrogen (secondary N) is 1. The van der Waals surface area contributed by atoms with Gasteiger partial charge < -0.3 is 9.88 Å². The monoisotopic (exact) mass is 385 g/mol. The number of aromatic nitrogens is 2. The number of hydrogen-bond donors (Lipinski definition) is 1. The van der Waals surface area contributed by atoms with Gasteiger partial charge in [0.15, 0.2) is 0 Å². The number of amides is 1. The summed E-state index contributed by atoms with van der Waals surface area (Å²) in [7, 11) is 0. The fraction of sp³-hybridized carbons (Fsp3) is 0.105. The van der Waals surface area contributed by atoms with E-state index in [0.717, 1.165) is 34.1 Å². The maximum Gasteiger partial charge on any atom is 0.333 e. The van der Waals surface area contributed by atoms with Crippen molar-refractivity contribution in [3.8, 4) is 5.69 Å². The quantitative estimate of drug-likeness (QED) is 0.736. The maximum absolute atomic E-state index is 13.4. The van der Waals surface area contributed by atoms with E-state index < -0.39 is 23.0 Å². The molecule has 0 atom stereocenters. The van der Waals surface area contributed by atoms with Crippen molar-refractivity contribution < 1.29 is 9.18 Å². The summed E-state index contributed by atoms with van der Waals surface area (Å²) in [5.41, 5.74) is 0.0955. The zero-order chi connectivity index (χ0) is 19.1. The van der Waals surface area contributed by atoms with Gasteiger partial charge in [0, 0.05) is 18.4 Å². The van der Waals surface area contributed by atoms with Crippen LogP contribution in [0.2, 0.25) is 5.02 Å². The number of benzene rings is 2. The molecule has 27 heavy (non-hydrogen) atoms. The predicted molar refractivity (Wildman–Crippen MR) is 99.5 cm³/mol. The number of H-pyrrole nitrogens is 1. The van der Waals surface area contributed by atoms with E-state index in [-0.39, 0.29) is 16.3 Å². The van der Waals surface area contributed by atoms with Crippen molar-refractivity contribution in [2.75, 3.05) is 11.4 Å². The summed E-state index contributed by atoms with van der Waals surface area (Å²) >= 11 is 5.75. The minimum atomic E-state index is -0.796. The molecule has 1 aliphatic rings. The molecular formula is C19H13ClFN3O3. The van der Waals surface area contributed by atoms with E-state index in [2.05, 4.69) is 4.98 Å². The summed E-state index contributed by atoms with van der Waals surface area (Å²) < 4.78 is 14.2. The Labute approximate surface area is 157 Å². The summed E-state index contributed by atoms with van der Waals surface area (Å²) in [6.07, 6.45) is 1.79. The smallest absolute Gasteiger partial charge is 0.313 e. The van der Waals surface area contributed by atoms with Crippen molar-refractivity contribution in [3.63, 3.8) is 0 Å². The lowest BCUT2D eigenvalue weighted by Crippen LogP contribution is -2.41. The number of nitrogens with zero attached hydrogens (tertiary/aromatic N) is 2. The number of hydrogen-bond acceptors (Lipinski definition) is 3. The summed E-state index contributed by atoms with van der Waals surface area (Å²) in [5, 5.41) is -0.232. The van der Waals surface area contributed by atoms with Crippen molar-refractivity contribution in [1.82, 2.24) is 9.55 Å². The molecule has 0 aliphatic carbocycles. The maximum atomic E-state index is 13.4. The molecule has 0 unspecified atom stereocenters. The molecule has 0 bridgehead atoms. The van der Waals surface area contributed by atoms with Crippen LogP contribution in [0.4, 0.5) is 10.1 Å². The van der Waals surface area contributed by atoms with Crippen molar-refractivity contribution in [2.45, 2.75) is 6.42 Å². The van der Waals surface area contributed by atoms with Gasteiger partial charge in [0.25, 0.3) is 11.5 Å². The molecule has 1 aliphatic heterocycles. The topological polar surface area (TPSA) is 75.2 Å². The van der Waals surface area contributed by atoms with Crippen LogP contribution in [-0.4, -0.2) is 22.0 Å². The molecule has 1 N–H and O–H groups in total. The van der Waals surface area contributed by atoms with Gasteiger partial charge >= 0.3 is 5.69 Å². The summed E-state index contributed by atoms with van der Waals surface area (Å²) in [4.78, 5) is 41.9. The van der Waals surface area contributed by atoms with E-state index in [1.807, 2.05) is 24.3 Å². The molecule has 2 aromatic carbocycles. The predicted octanol–water partition coefficient (Wildman–Crippen LogP) is 2.52. The number of carbonyl (C=O) groups is 1. The van der Waals surface area contributed by atoms with Gasteiger partial charge in [-0.1, -0.05) is 29.8 Å². The molecule has 4 rings (SSSR count). The Morgan fingerprint density at radius 3 is 2.70 bits per heavy atom. The highest BCUT2D eigenvalue weighted by Gasteiger charge is 2.28. The molecule has 8 heteroatoms. The fourth-order valence-electron chi connectivity index (χ4n) is 3.18. The average Bonchev–Trinajstić information content (AvgIpc) is 3.08. The molecule has 136 valence electrons. The third kappa shape index (κ3) is 2.86. The third-order valence-electron chi connectivity index (χ3n) is 4.50. The first-order chi connectivity index (χ1) is 13.0. The zero-order valence-electron chi connectivity index (χ0n) is 13.9. The lowest BCUT2D eigenvalue weighted by Gasteiger charge is -2.17. The molecule has 1 aromatic heterocycles. The van der Waals surface area contributed by atoms with Gasteiger partial charge in [-0.15, -0.1) is 0 Å². The first-order valence-corrected chi connectivity index (χ1v) is 8.55. The number of fused-ring (bicyclic) bond motifs is 1. The number of anilines is 1. The van der Waals surface area contributed by atoms with Crippen LogP contribution in [0.1, 0.15) is 15.9 Å². The normalized spacial score (nSPS) is 12.9. The minimum absolute atomic E-state index is 0.0733. The molecule has 3 aromatic rings. The Morgan fingerprint density at radius 2 is 1.93 bits per heavy atom. The van der Waals surface area contributed by atoms with Crippen LogP contribution in [0, 0.1) is 5.82 Å². The third-order valence-corrected chi connectivity index (χ3v) is 4.79. The van der Waals surface area contributed by atoms with Crippen LogP contribution >= 0.6 is 11.6 Å². The van der Waals surface area contributed by atoms with Gasteiger partial charge in [-0.25, -0.2) is 13.8 Å². The Bertz CT molecular complexity index is 1190. The van der Waals surface area contributed by atoms with E-state index in [0.29, 0.717) is 13.0 Å². The summed E-state index contributed by atoms with van der Waals surface area (Å²) in [5.74, 6) is -1.19. The molecule has 0 saturated heterocycles. The van der Waals surface area contributed by atoms with E-state index in [4.69, 9.17) is 11.6 Å².